The van der Waals surface area contributed by atoms with Gasteiger partial charge in [0.1, 0.15) is 23.0 Å². The summed E-state index contributed by atoms with van der Waals surface area (Å²) in [4.78, 5) is 25.7. The number of benzene rings is 2. The van der Waals surface area contributed by atoms with Crippen molar-refractivity contribution < 1.29 is 24.2 Å². The molecule has 6 nitrogen and oxygen atoms in total. The molecule has 158 valence electrons. The number of nitrogens with one attached hydrogen (secondary N) is 1. The molecule has 3 aromatic rings. The molecule has 1 aliphatic rings. The molecule has 2 aromatic carbocycles. The highest BCUT2D eigenvalue weighted by atomic mass is 32.1. The highest BCUT2D eigenvalue weighted by Crippen LogP contribution is 2.49. The van der Waals surface area contributed by atoms with Gasteiger partial charge in [0.05, 0.1) is 12.8 Å². The molecule has 0 fully saturated rings. The fourth-order valence-corrected chi connectivity index (χ4v) is 4.96. The van der Waals surface area contributed by atoms with Crippen LogP contribution in [0.15, 0.2) is 61.2 Å². The monoisotopic (exact) mass is 435 g/mol. The first kappa shape index (κ1) is 20.7. The Morgan fingerprint density at radius 2 is 2.03 bits per heavy atom. The average Bonchev–Trinajstić information content (AvgIpc) is 3.17. The number of carbonyl (C=O) groups excluding carboxylic acids is 1. The number of ether oxygens (including phenoxy) is 2. The van der Waals surface area contributed by atoms with Crippen molar-refractivity contribution >= 4 is 28.9 Å². The summed E-state index contributed by atoms with van der Waals surface area (Å²) in [5, 5.41) is 12.8. The minimum atomic E-state index is -1.03. The van der Waals surface area contributed by atoms with Crippen molar-refractivity contribution in [1.29, 1.82) is 0 Å². The fraction of sp³-hybridized carbons (Fsp3) is 0.167. The molecule has 4 rings (SSSR count). The summed E-state index contributed by atoms with van der Waals surface area (Å²) in [7, 11) is 1.57. The Hall–Kier alpha value is -3.58. The number of methoxy groups -OCH3 is 1. The Morgan fingerprint density at radius 1 is 1.26 bits per heavy atom. The lowest BCUT2D eigenvalue weighted by Crippen LogP contribution is -2.22. The summed E-state index contributed by atoms with van der Waals surface area (Å²) >= 11 is 1.20. The molecule has 0 spiro atoms. The van der Waals surface area contributed by atoms with Crippen molar-refractivity contribution in [2.45, 2.75) is 12.3 Å². The predicted octanol–water partition coefficient (Wildman–Crippen LogP) is 5.16. The summed E-state index contributed by atoms with van der Waals surface area (Å²) in [6, 6.07) is 14.7. The lowest BCUT2D eigenvalue weighted by atomic mass is 9.88. The van der Waals surface area contributed by atoms with Crippen LogP contribution in [0.3, 0.4) is 0 Å². The fourth-order valence-electron chi connectivity index (χ4n) is 3.72. The molecule has 0 bridgehead atoms. The van der Waals surface area contributed by atoms with Gasteiger partial charge >= 0.3 is 5.97 Å². The van der Waals surface area contributed by atoms with E-state index in [1.807, 2.05) is 24.3 Å². The van der Waals surface area contributed by atoms with Crippen LogP contribution in [0.1, 0.15) is 32.5 Å². The van der Waals surface area contributed by atoms with Crippen LogP contribution in [0.5, 0.6) is 11.5 Å². The average molecular weight is 436 g/mol. The molecule has 0 saturated carbocycles. The molecule has 2 N–H and O–H groups in total. The van der Waals surface area contributed by atoms with E-state index in [2.05, 4.69) is 11.9 Å². The van der Waals surface area contributed by atoms with E-state index < -0.39 is 5.97 Å². The van der Waals surface area contributed by atoms with Crippen LogP contribution in [0.25, 0.3) is 11.1 Å². The quantitative estimate of drug-likeness (QED) is 0.501. The molecule has 1 amide bonds. The molecular weight excluding hydrogens is 414 g/mol. The van der Waals surface area contributed by atoms with Crippen LogP contribution in [-0.2, 0) is 4.79 Å². The number of hydrogen-bond donors (Lipinski definition) is 2. The molecule has 0 radical (unpaired) electrons. The van der Waals surface area contributed by atoms with Crippen LogP contribution >= 0.6 is 11.3 Å². The SMILES string of the molecule is C=CCOc1cccc(C2CC(=O)Nc3c2sc(C(=O)O)c3-c2ccc(OC)cc2)c1. The number of thiophene rings is 1. The zero-order valence-electron chi connectivity index (χ0n) is 16.9. The summed E-state index contributed by atoms with van der Waals surface area (Å²) in [5.41, 5.74) is 2.69. The van der Waals surface area contributed by atoms with Crippen molar-refractivity contribution in [2.75, 3.05) is 19.0 Å². The number of carbonyl (C=O) groups is 2. The van der Waals surface area contributed by atoms with Crippen LogP contribution in [-0.4, -0.2) is 30.7 Å². The number of aromatic carboxylic acids is 1. The minimum Gasteiger partial charge on any atom is -0.497 e. The maximum absolute atomic E-state index is 12.6. The van der Waals surface area contributed by atoms with E-state index in [1.54, 1.807) is 37.5 Å². The smallest absolute Gasteiger partial charge is 0.346 e. The van der Waals surface area contributed by atoms with Gasteiger partial charge in [-0.05, 0) is 35.4 Å². The Balaban J connectivity index is 1.83. The Bertz CT molecular complexity index is 1150. The van der Waals surface area contributed by atoms with Gasteiger partial charge < -0.3 is 19.9 Å². The third kappa shape index (κ3) is 4.04. The maximum Gasteiger partial charge on any atom is 0.346 e. The van der Waals surface area contributed by atoms with Gasteiger partial charge in [0.15, 0.2) is 0 Å². The first-order chi connectivity index (χ1) is 15.0. The number of amides is 1. The number of fused-ring (bicyclic) bond motifs is 1. The third-order valence-electron chi connectivity index (χ3n) is 5.11. The number of carboxylic acids is 1. The highest BCUT2D eigenvalue weighted by Gasteiger charge is 2.34. The highest BCUT2D eigenvalue weighted by molar-refractivity contribution is 7.15. The molecule has 0 saturated heterocycles. The molecule has 1 aromatic heterocycles. The molecule has 0 aliphatic carbocycles. The van der Waals surface area contributed by atoms with Gasteiger partial charge in [0, 0.05) is 22.8 Å². The normalized spacial score (nSPS) is 15.0. The topological polar surface area (TPSA) is 84.9 Å². The summed E-state index contributed by atoms with van der Waals surface area (Å²) < 4.78 is 10.8. The van der Waals surface area contributed by atoms with Gasteiger partial charge in [-0.1, -0.05) is 36.9 Å². The summed E-state index contributed by atoms with van der Waals surface area (Å²) in [6.45, 7) is 4.04. The van der Waals surface area contributed by atoms with Crippen molar-refractivity contribution in [3.05, 3.63) is 76.5 Å². The summed E-state index contributed by atoms with van der Waals surface area (Å²) in [6.07, 6.45) is 1.90. The number of anilines is 1. The zero-order chi connectivity index (χ0) is 22.0. The van der Waals surface area contributed by atoms with E-state index in [1.165, 1.54) is 11.3 Å². The Kier molecular flexibility index (Phi) is 5.77. The van der Waals surface area contributed by atoms with Crippen molar-refractivity contribution in [3.8, 4) is 22.6 Å². The lowest BCUT2D eigenvalue weighted by Gasteiger charge is -2.24. The van der Waals surface area contributed by atoms with E-state index in [9.17, 15) is 14.7 Å². The van der Waals surface area contributed by atoms with Crippen molar-refractivity contribution in [3.63, 3.8) is 0 Å². The van der Waals surface area contributed by atoms with Crippen molar-refractivity contribution in [1.82, 2.24) is 0 Å². The predicted molar refractivity (Wildman–Crippen MR) is 120 cm³/mol. The van der Waals surface area contributed by atoms with Crippen LogP contribution in [0.4, 0.5) is 5.69 Å². The standard InChI is InChI=1S/C24H21NO5S/c1-3-11-30-17-6-4-5-15(12-17)18-13-19(26)25-21-20(23(24(27)28)31-22(18)21)14-7-9-16(29-2)10-8-14/h3-10,12,18H,1,11,13H2,2H3,(H,25,26)(H,27,28). The molecule has 31 heavy (non-hydrogen) atoms. The lowest BCUT2D eigenvalue weighted by molar-refractivity contribution is -0.116. The molecule has 1 aliphatic heterocycles. The van der Waals surface area contributed by atoms with Gasteiger partial charge in [-0.2, -0.15) is 0 Å². The number of rotatable bonds is 7. The second-order valence-corrected chi connectivity index (χ2v) is 8.11. The van der Waals surface area contributed by atoms with E-state index in [4.69, 9.17) is 9.47 Å². The zero-order valence-corrected chi connectivity index (χ0v) is 17.7. The van der Waals surface area contributed by atoms with Crippen LogP contribution in [0.2, 0.25) is 0 Å². The van der Waals surface area contributed by atoms with E-state index in [0.717, 1.165) is 10.4 Å². The Labute approximate surface area is 183 Å². The second kappa shape index (κ2) is 8.65. The Morgan fingerprint density at radius 3 is 2.71 bits per heavy atom. The largest absolute Gasteiger partial charge is 0.497 e. The van der Waals surface area contributed by atoms with Gasteiger partial charge in [-0.15, -0.1) is 11.3 Å². The first-order valence-electron chi connectivity index (χ1n) is 9.69. The molecule has 2 heterocycles. The van der Waals surface area contributed by atoms with Crippen LogP contribution < -0.4 is 14.8 Å². The number of hydrogen-bond acceptors (Lipinski definition) is 5. The van der Waals surface area contributed by atoms with Crippen molar-refractivity contribution in [2.24, 2.45) is 0 Å². The molecule has 1 unspecified atom stereocenters. The van der Waals surface area contributed by atoms with Gasteiger partial charge in [-0.3, -0.25) is 4.79 Å². The minimum absolute atomic E-state index is 0.153. The van der Waals surface area contributed by atoms with Crippen LogP contribution in [0, 0.1) is 0 Å². The maximum atomic E-state index is 12.6. The molecule has 1 atom stereocenters. The van der Waals surface area contributed by atoms with E-state index in [-0.39, 0.29) is 23.1 Å². The summed E-state index contributed by atoms with van der Waals surface area (Å²) in [5.74, 6) is -0.0925. The van der Waals surface area contributed by atoms with E-state index in [0.29, 0.717) is 34.9 Å². The van der Waals surface area contributed by atoms with E-state index >= 15 is 0 Å². The molecular formula is C24H21NO5S. The van der Waals surface area contributed by atoms with Gasteiger partial charge in [-0.25, -0.2) is 4.79 Å². The first-order valence-corrected chi connectivity index (χ1v) is 10.5. The van der Waals surface area contributed by atoms with Gasteiger partial charge in [0.2, 0.25) is 5.91 Å². The van der Waals surface area contributed by atoms with Gasteiger partial charge in [0.25, 0.3) is 0 Å². The molecule has 7 heteroatoms. The third-order valence-corrected chi connectivity index (χ3v) is 6.40. The second-order valence-electron chi connectivity index (χ2n) is 7.06. The number of carboxylic acid groups (broad SMARTS) is 1.